The van der Waals surface area contributed by atoms with Gasteiger partial charge in [0.15, 0.2) is 5.82 Å². The second kappa shape index (κ2) is 6.94. The van der Waals surface area contributed by atoms with Crippen LogP contribution in [0.1, 0.15) is 17.3 Å². The first-order valence-electron chi connectivity index (χ1n) is 7.52. The normalized spacial score (nSPS) is 11.3. The maximum atomic E-state index is 12.7. The Morgan fingerprint density at radius 1 is 1.16 bits per heavy atom. The van der Waals surface area contributed by atoms with E-state index >= 15 is 0 Å². The van der Waals surface area contributed by atoms with Gasteiger partial charge in [-0.1, -0.05) is 29.4 Å². The molecule has 0 fully saturated rings. The molecule has 1 heterocycles. The lowest BCUT2D eigenvalue weighted by molar-refractivity contribution is 0.381. The summed E-state index contributed by atoms with van der Waals surface area (Å²) in [6, 6.07) is 13.4. The van der Waals surface area contributed by atoms with Crippen molar-refractivity contribution in [2.75, 3.05) is 11.8 Å². The van der Waals surface area contributed by atoms with E-state index in [1.807, 2.05) is 12.1 Å². The Morgan fingerprint density at radius 2 is 1.96 bits per heavy atom. The molecule has 0 spiro atoms. The molecule has 25 heavy (non-hydrogen) atoms. The Morgan fingerprint density at radius 3 is 2.68 bits per heavy atom. The zero-order chi connectivity index (χ0) is 17.9. The molecule has 1 aromatic heterocycles. The molecule has 3 rings (SSSR count). The molecule has 0 aliphatic carbocycles. The largest absolute Gasteiger partial charge is 0.497 e. The van der Waals surface area contributed by atoms with Crippen LogP contribution in [-0.2, 0) is 16.4 Å². The molecule has 0 radical (unpaired) electrons. The van der Waals surface area contributed by atoms with Crippen LogP contribution in [0.5, 0.6) is 5.75 Å². The maximum Gasteiger partial charge on any atom is 0.262 e. The summed E-state index contributed by atoms with van der Waals surface area (Å²) in [5, 5.41) is 3.75. The molecule has 0 unspecified atom stereocenters. The third kappa shape index (κ3) is 3.97. The minimum atomic E-state index is -3.75. The van der Waals surface area contributed by atoms with Gasteiger partial charge in [0, 0.05) is 6.07 Å². The summed E-state index contributed by atoms with van der Waals surface area (Å²) in [4.78, 5) is 4.27. The molecule has 3 aromatic rings. The number of para-hydroxylation sites is 1. The van der Waals surface area contributed by atoms with E-state index in [1.54, 1.807) is 31.2 Å². The van der Waals surface area contributed by atoms with E-state index in [0.29, 0.717) is 29.6 Å². The van der Waals surface area contributed by atoms with Crippen molar-refractivity contribution >= 4 is 15.7 Å². The van der Waals surface area contributed by atoms with Crippen LogP contribution in [-0.4, -0.2) is 25.7 Å². The van der Waals surface area contributed by atoms with E-state index in [1.165, 1.54) is 19.2 Å². The number of nitrogens with zero attached hydrogens (tertiary/aromatic N) is 2. The Labute approximate surface area is 145 Å². The van der Waals surface area contributed by atoms with E-state index in [-0.39, 0.29) is 4.90 Å². The van der Waals surface area contributed by atoms with Crippen molar-refractivity contribution in [3.05, 3.63) is 65.8 Å². The molecule has 0 aliphatic rings. The van der Waals surface area contributed by atoms with Crippen molar-refractivity contribution in [1.29, 1.82) is 0 Å². The molecule has 0 amide bonds. The second-order valence-corrected chi connectivity index (χ2v) is 7.04. The van der Waals surface area contributed by atoms with Gasteiger partial charge in [-0.3, -0.25) is 4.72 Å². The molecule has 0 bridgehead atoms. The van der Waals surface area contributed by atoms with Gasteiger partial charge in [0.25, 0.3) is 10.0 Å². The molecule has 8 heteroatoms. The van der Waals surface area contributed by atoms with Crippen molar-refractivity contribution in [2.45, 2.75) is 18.2 Å². The fraction of sp³-hybridized carbons (Fsp3) is 0.176. The van der Waals surface area contributed by atoms with Crippen LogP contribution in [0.15, 0.2) is 57.9 Å². The molecule has 2 aromatic carbocycles. The van der Waals surface area contributed by atoms with Gasteiger partial charge in [-0.25, -0.2) is 8.42 Å². The molecule has 7 nitrogen and oxygen atoms in total. The Kier molecular flexibility index (Phi) is 4.71. The topological polar surface area (TPSA) is 94.3 Å². The predicted molar refractivity (Wildman–Crippen MR) is 92.1 cm³/mol. The Hall–Kier alpha value is -2.87. The van der Waals surface area contributed by atoms with E-state index in [0.717, 1.165) is 5.56 Å². The van der Waals surface area contributed by atoms with Crippen LogP contribution >= 0.6 is 0 Å². The fourth-order valence-corrected chi connectivity index (χ4v) is 3.46. The van der Waals surface area contributed by atoms with Crippen molar-refractivity contribution in [1.82, 2.24) is 10.1 Å². The highest BCUT2D eigenvalue weighted by atomic mass is 32.2. The minimum Gasteiger partial charge on any atom is -0.497 e. The van der Waals surface area contributed by atoms with Crippen LogP contribution in [0.4, 0.5) is 5.69 Å². The lowest BCUT2D eigenvalue weighted by atomic mass is 10.1. The maximum absolute atomic E-state index is 12.7. The third-order valence-corrected chi connectivity index (χ3v) is 4.89. The van der Waals surface area contributed by atoms with Gasteiger partial charge < -0.3 is 9.26 Å². The summed E-state index contributed by atoms with van der Waals surface area (Å²) < 4.78 is 38.1. The average molecular weight is 359 g/mol. The smallest absolute Gasteiger partial charge is 0.262 e. The molecule has 0 saturated heterocycles. The van der Waals surface area contributed by atoms with E-state index < -0.39 is 10.0 Å². The predicted octanol–water partition coefficient (Wildman–Crippen LogP) is 2.78. The van der Waals surface area contributed by atoms with Crippen molar-refractivity contribution < 1.29 is 17.7 Å². The number of aromatic nitrogens is 2. The molecule has 1 N–H and O–H groups in total. The lowest BCUT2D eigenvalue weighted by Gasteiger charge is -2.12. The third-order valence-electron chi connectivity index (χ3n) is 3.52. The quantitative estimate of drug-likeness (QED) is 0.727. The zero-order valence-corrected chi connectivity index (χ0v) is 14.6. The molecule has 0 saturated carbocycles. The second-order valence-electron chi connectivity index (χ2n) is 5.35. The van der Waals surface area contributed by atoms with Crippen LogP contribution in [0.2, 0.25) is 0 Å². The first kappa shape index (κ1) is 17.0. The Balaban J connectivity index is 1.89. The summed E-state index contributed by atoms with van der Waals surface area (Å²) in [5.41, 5.74) is 1.19. The lowest BCUT2D eigenvalue weighted by Crippen LogP contribution is -2.14. The van der Waals surface area contributed by atoms with Gasteiger partial charge in [0.05, 0.1) is 24.1 Å². The number of hydrogen-bond donors (Lipinski definition) is 1. The number of aryl methyl sites for hydroxylation is 1. The molecular weight excluding hydrogens is 342 g/mol. The molecular formula is C17H17N3O4S. The highest BCUT2D eigenvalue weighted by Crippen LogP contribution is 2.24. The number of ether oxygens (including phenoxy) is 1. The fourth-order valence-electron chi connectivity index (χ4n) is 2.32. The number of hydrogen-bond acceptors (Lipinski definition) is 6. The van der Waals surface area contributed by atoms with Crippen molar-refractivity contribution in [2.24, 2.45) is 0 Å². The summed E-state index contributed by atoms with van der Waals surface area (Å²) >= 11 is 0. The number of rotatable bonds is 6. The van der Waals surface area contributed by atoms with Crippen LogP contribution < -0.4 is 9.46 Å². The highest BCUT2D eigenvalue weighted by Gasteiger charge is 2.17. The van der Waals surface area contributed by atoms with Gasteiger partial charge >= 0.3 is 0 Å². The summed E-state index contributed by atoms with van der Waals surface area (Å²) in [6.45, 7) is 1.73. The van der Waals surface area contributed by atoms with Gasteiger partial charge in [0.2, 0.25) is 5.89 Å². The number of benzene rings is 2. The van der Waals surface area contributed by atoms with Crippen LogP contribution in [0.3, 0.4) is 0 Å². The van der Waals surface area contributed by atoms with Gasteiger partial charge in [0.1, 0.15) is 5.75 Å². The number of anilines is 1. The minimum absolute atomic E-state index is 0.121. The summed E-state index contributed by atoms with van der Waals surface area (Å²) in [5.74, 6) is 1.42. The summed E-state index contributed by atoms with van der Waals surface area (Å²) in [6.07, 6.45) is 0.331. The SMILES string of the molecule is COc1cccc(S(=O)(=O)Nc2ccccc2Cc2nc(C)no2)c1. The monoisotopic (exact) mass is 359 g/mol. The highest BCUT2D eigenvalue weighted by molar-refractivity contribution is 7.92. The number of nitrogens with one attached hydrogen (secondary N) is 1. The standard InChI is InChI=1S/C17H17N3O4S/c1-12-18-17(24-19-12)10-13-6-3-4-9-16(13)20-25(21,22)15-8-5-7-14(11-15)23-2/h3-9,11,20H,10H2,1-2H3. The zero-order valence-electron chi connectivity index (χ0n) is 13.8. The Bertz CT molecular complexity index is 983. The van der Waals surface area contributed by atoms with Gasteiger partial charge in [-0.05, 0) is 30.7 Å². The van der Waals surface area contributed by atoms with Crippen LogP contribution in [0.25, 0.3) is 0 Å². The first-order valence-corrected chi connectivity index (χ1v) is 9.00. The van der Waals surface area contributed by atoms with E-state index in [2.05, 4.69) is 14.9 Å². The molecule has 0 atom stereocenters. The van der Waals surface area contributed by atoms with E-state index in [9.17, 15) is 8.42 Å². The summed E-state index contributed by atoms with van der Waals surface area (Å²) in [7, 11) is -2.27. The first-order chi connectivity index (χ1) is 12.0. The van der Waals surface area contributed by atoms with Crippen LogP contribution in [0, 0.1) is 6.92 Å². The molecule has 0 aliphatic heterocycles. The van der Waals surface area contributed by atoms with Crippen molar-refractivity contribution in [3.8, 4) is 5.75 Å². The van der Waals surface area contributed by atoms with Gasteiger partial charge in [-0.15, -0.1) is 0 Å². The average Bonchev–Trinajstić information content (AvgIpc) is 3.01. The van der Waals surface area contributed by atoms with E-state index in [4.69, 9.17) is 9.26 Å². The van der Waals surface area contributed by atoms with Gasteiger partial charge in [-0.2, -0.15) is 4.98 Å². The molecule has 130 valence electrons. The number of sulfonamides is 1. The van der Waals surface area contributed by atoms with Crippen molar-refractivity contribution in [3.63, 3.8) is 0 Å². The number of methoxy groups -OCH3 is 1.